The molecule has 2 amide bonds. The molecule has 0 spiro atoms. The molecule has 0 aliphatic heterocycles. The van der Waals surface area contributed by atoms with Crippen LogP contribution in [0.15, 0.2) is 24.3 Å². The van der Waals surface area contributed by atoms with Crippen molar-refractivity contribution < 1.29 is 14.3 Å². The summed E-state index contributed by atoms with van der Waals surface area (Å²) in [5.74, 6) is -0.313. The van der Waals surface area contributed by atoms with Crippen LogP contribution in [0.5, 0.6) is 0 Å². The van der Waals surface area contributed by atoms with E-state index in [0.717, 1.165) is 18.5 Å². The summed E-state index contributed by atoms with van der Waals surface area (Å²) >= 11 is 0. The molecular formula is C16H24N2O3. The Labute approximate surface area is 126 Å². The van der Waals surface area contributed by atoms with Crippen molar-refractivity contribution in [3.8, 4) is 0 Å². The van der Waals surface area contributed by atoms with Gasteiger partial charge in [0.1, 0.15) is 6.54 Å². The maximum Gasteiger partial charge on any atom is 0.240 e. The molecule has 116 valence electrons. The molecule has 0 aromatic heterocycles. The first-order valence-corrected chi connectivity index (χ1v) is 7.21. The number of benzene rings is 1. The van der Waals surface area contributed by atoms with E-state index >= 15 is 0 Å². The fourth-order valence-corrected chi connectivity index (χ4v) is 1.94. The van der Waals surface area contributed by atoms with Crippen LogP contribution in [0.25, 0.3) is 0 Å². The number of hydrogen-bond acceptors (Lipinski definition) is 3. The van der Waals surface area contributed by atoms with E-state index in [9.17, 15) is 9.59 Å². The zero-order valence-electron chi connectivity index (χ0n) is 13.0. The fraction of sp³-hybridized carbons (Fsp3) is 0.500. The molecule has 1 aromatic rings. The average molecular weight is 292 g/mol. The van der Waals surface area contributed by atoms with Gasteiger partial charge in [-0.15, -0.1) is 0 Å². The molecule has 21 heavy (non-hydrogen) atoms. The highest BCUT2D eigenvalue weighted by molar-refractivity contribution is 5.97. The second-order valence-corrected chi connectivity index (χ2v) is 4.82. The highest BCUT2D eigenvalue weighted by Crippen LogP contribution is 2.15. The van der Waals surface area contributed by atoms with Crippen molar-refractivity contribution in [3.05, 3.63) is 29.8 Å². The summed E-state index contributed by atoms with van der Waals surface area (Å²) in [7, 11) is 1.62. The fourth-order valence-electron chi connectivity index (χ4n) is 1.94. The van der Waals surface area contributed by atoms with E-state index in [1.807, 2.05) is 24.3 Å². The Balaban J connectivity index is 2.60. The largest absolute Gasteiger partial charge is 0.385 e. The van der Waals surface area contributed by atoms with Gasteiger partial charge in [0.2, 0.25) is 11.8 Å². The lowest BCUT2D eigenvalue weighted by Gasteiger charge is -2.21. The lowest BCUT2D eigenvalue weighted by molar-refractivity contribution is -0.123. The van der Waals surface area contributed by atoms with Gasteiger partial charge in [-0.25, -0.2) is 0 Å². The summed E-state index contributed by atoms with van der Waals surface area (Å²) in [5, 5.41) is 2.78. The molecule has 5 heteroatoms. The van der Waals surface area contributed by atoms with E-state index in [1.165, 1.54) is 17.4 Å². The van der Waals surface area contributed by atoms with E-state index in [2.05, 4.69) is 12.2 Å². The van der Waals surface area contributed by atoms with Crippen LogP contribution in [0.2, 0.25) is 0 Å². The summed E-state index contributed by atoms with van der Waals surface area (Å²) in [5.41, 5.74) is 1.94. The van der Waals surface area contributed by atoms with Gasteiger partial charge in [0, 0.05) is 32.9 Å². The van der Waals surface area contributed by atoms with Crippen LogP contribution >= 0.6 is 0 Å². The van der Waals surface area contributed by atoms with Gasteiger partial charge in [-0.05, 0) is 30.5 Å². The molecule has 0 fully saturated rings. The molecule has 0 aliphatic rings. The smallest absolute Gasteiger partial charge is 0.240 e. The van der Waals surface area contributed by atoms with Crippen molar-refractivity contribution >= 4 is 17.5 Å². The molecule has 1 N–H and O–H groups in total. The third-order valence-electron chi connectivity index (χ3n) is 3.19. The molecule has 0 bridgehead atoms. The predicted molar refractivity (Wildman–Crippen MR) is 83.3 cm³/mol. The first kappa shape index (κ1) is 17.2. The van der Waals surface area contributed by atoms with E-state index in [1.54, 1.807) is 7.11 Å². The molecule has 0 unspecified atom stereocenters. The zero-order valence-corrected chi connectivity index (χ0v) is 13.0. The molecule has 1 rings (SSSR count). The first-order valence-electron chi connectivity index (χ1n) is 7.21. The topological polar surface area (TPSA) is 58.6 Å². The number of anilines is 1. The Morgan fingerprint density at radius 2 is 1.90 bits per heavy atom. The maximum atomic E-state index is 11.9. The van der Waals surface area contributed by atoms with E-state index in [-0.39, 0.29) is 18.4 Å². The molecule has 0 saturated carbocycles. The number of methoxy groups -OCH3 is 1. The summed E-state index contributed by atoms with van der Waals surface area (Å²) in [6.45, 7) is 4.73. The van der Waals surface area contributed by atoms with Crippen LogP contribution in [0.1, 0.15) is 25.8 Å². The van der Waals surface area contributed by atoms with Crippen molar-refractivity contribution in [2.24, 2.45) is 0 Å². The van der Waals surface area contributed by atoms with Crippen LogP contribution in [-0.2, 0) is 20.7 Å². The summed E-state index contributed by atoms with van der Waals surface area (Å²) < 4.78 is 4.92. The van der Waals surface area contributed by atoms with Crippen LogP contribution < -0.4 is 10.2 Å². The molecule has 5 nitrogen and oxygen atoms in total. The Kier molecular flexibility index (Phi) is 7.46. The number of rotatable bonds is 8. The number of hydrogen-bond donors (Lipinski definition) is 1. The van der Waals surface area contributed by atoms with Crippen LogP contribution in [-0.4, -0.2) is 38.6 Å². The number of carbonyl (C=O) groups excluding carboxylic acids is 2. The van der Waals surface area contributed by atoms with Gasteiger partial charge in [0.05, 0.1) is 0 Å². The monoisotopic (exact) mass is 292 g/mol. The van der Waals surface area contributed by atoms with Gasteiger partial charge in [0.15, 0.2) is 0 Å². The lowest BCUT2D eigenvalue weighted by Crippen LogP contribution is -2.40. The zero-order chi connectivity index (χ0) is 15.7. The van der Waals surface area contributed by atoms with Gasteiger partial charge < -0.3 is 15.0 Å². The maximum absolute atomic E-state index is 11.9. The van der Waals surface area contributed by atoms with Crippen molar-refractivity contribution in [2.45, 2.75) is 26.7 Å². The Morgan fingerprint density at radius 3 is 2.43 bits per heavy atom. The minimum Gasteiger partial charge on any atom is -0.385 e. The number of nitrogens with one attached hydrogen (secondary N) is 1. The van der Waals surface area contributed by atoms with Crippen LogP contribution in [0.4, 0.5) is 5.69 Å². The third kappa shape index (κ3) is 5.95. The minimum atomic E-state index is -0.166. The first-order chi connectivity index (χ1) is 10.1. The van der Waals surface area contributed by atoms with Gasteiger partial charge in [0.25, 0.3) is 0 Å². The SMILES string of the molecule is CCc1ccc(N(CC(=O)NCCCOC)C(C)=O)cc1. The van der Waals surface area contributed by atoms with Gasteiger partial charge >= 0.3 is 0 Å². The average Bonchev–Trinajstić information content (AvgIpc) is 2.49. The number of amides is 2. The van der Waals surface area contributed by atoms with Crippen molar-refractivity contribution in [1.82, 2.24) is 5.32 Å². The molecule has 1 aromatic carbocycles. The lowest BCUT2D eigenvalue weighted by atomic mass is 10.1. The van der Waals surface area contributed by atoms with Crippen LogP contribution in [0.3, 0.4) is 0 Å². The second-order valence-electron chi connectivity index (χ2n) is 4.82. The second kappa shape index (κ2) is 9.13. The van der Waals surface area contributed by atoms with Gasteiger partial charge in [-0.3, -0.25) is 9.59 Å². The standard InChI is InChI=1S/C16H24N2O3/c1-4-14-6-8-15(9-7-14)18(13(2)19)12-16(20)17-10-5-11-21-3/h6-9H,4-5,10-12H2,1-3H3,(H,17,20). The normalized spacial score (nSPS) is 10.2. The van der Waals surface area contributed by atoms with Crippen molar-refractivity contribution in [1.29, 1.82) is 0 Å². The third-order valence-corrected chi connectivity index (χ3v) is 3.19. The Hall–Kier alpha value is -1.88. The molecular weight excluding hydrogens is 268 g/mol. The van der Waals surface area contributed by atoms with E-state index in [4.69, 9.17) is 4.74 Å². The van der Waals surface area contributed by atoms with E-state index in [0.29, 0.717) is 13.2 Å². The van der Waals surface area contributed by atoms with Crippen molar-refractivity contribution in [2.75, 3.05) is 31.7 Å². The molecule has 0 atom stereocenters. The Bertz CT molecular complexity index is 457. The van der Waals surface area contributed by atoms with Crippen molar-refractivity contribution in [3.63, 3.8) is 0 Å². The quantitative estimate of drug-likeness (QED) is 0.743. The highest BCUT2D eigenvalue weighted by atomic mass is 16.5. The molecule has 0 saturated heterocycles. The predicted octanol–water partition coefficient (Wildman–Crippen LogP) is 1.75. The number of ether oxygens (including phenoxy) is 1. The minimum absolute atomic E-state index is 0.0355. The number of carbonyl (C=O) groups is 2. The molecule has 0 heterocycles. The van der Waals surface area contributed by atoms with E-state index < -0.39 is 0 Å². The molecule has 0 radical (unpaired) electrons. The summed E-state index contributed by atoms with van der Waals surface area (Å²) in [6, 6.07) is 7.69. The highest BCUT2D eigenvalue weighted by Gasteiger charge is 2.15. The summed E-state index contributed by atoms with van der Waals surface area (Å²) in [4.78, 5) is 25.1. The van der Waals surface area contributed by atoms with Gasteiger partial charge in [-0.1, -0.05) is 19.1 Å². The number of nitrogens with zero attached hydrogens (tertiary/aromatic N) is 1. The number of aryl methyl sites for hydroxylation is 1. The summed E-state index contributed by atoms with van der Waals surface area (Å²) in [6.07, 6.45) is 1.70. The Morgan fingerprint density at radius 1 is 1.24 bits per heavy atom. The van der Waals surface area contributed by atoms with Crippen LogP contribution in [0, 0.1) is 0 Å². The van der Waals surface area contributed by atoms with Gasteiger partial charge in [-0.2, -0.15) is 0 Å². The molecule has 0 aliphatic carbocycles.